The molecule has 1 N–H and O–H groups in total. The van der Waals surface area contributed by atoms with Gasteiger partial charge >= 0.3 is 0 Å². The molecule has 0 aliphatic rings. The number of Topliss-reactive ketones (excluding diaryl/α,β-unsaturated/α-hetero) is 1. The van der Waals surface area contributed by atoms with Gasteiger partial charge in [0.25, 0.3) is 0 Å². The van der Waals surface area contributed by atoms with Gasteiger partial charge in [0.05, 0.1) is 5.75 Å². The Labute approximate surface area is 86.0 Å². The minimum absolute atomic E-state index is 0.111. The molecule has 0 aromatic heterocycles. The fourth-order valence-electron chi connectivity index (χ4n) is 1.06. The van der Waals surface area contributed by atoms with E-state index in [0.717, 1.165) is 6.54 Å². The number of ketones is 1. The molecule has 0 saturated carbocycles. The molecule has 0 bridgehead atoms. The van der Waals surface area contributed by atoms with Crippen LogP contribution < -0.4 is 5.32 Å². The maximum atomic E-state index is 11.2. The van der Waals surface area contributed by atoms with Crippen molar-refractivity contribution in [1.82, 2.24) is 5.32 Å². The van der Waals surface area contributed by atoms with E-state index in [1.54, 1.807) is 0 Å². The summed E-state index contributed by atoms with van der Waals surface area (Å²) in [6.07, 6.45) is 2.51. The van der Waals surface area contributed by atoms with Gasteiger partial charge in [-0.1, -0.05) is 6.92 Å². The van der Waals surface area contributed by atoms with Gasteiger partial charge in [0.2, 0.25) is 0 Å². The number of carbonyl (C=O) groups excluding carboxylic acids is 1. The molecule has 14 heavy (non-hydrogen) atoms. The molecule has 5 heteroatoms. The highest BCUT2D eigenvalue weighted by Crippen LogP contribution is 1.97. The Kier molecular flexibility index (Phi) is 6.74. The molecule has 0 aliphatic heterocycles. The average molecular weight is 221 g/mol. The number of rotatable bonds is 8. The van der Waals surface area contributed by atoms with Crippen LogP contribution in [0.2, 0.25) is 0 Å². The first-order chi connectivity index (χ1) is 6.45. The molecule has 0 aromatic rings. The molecule has 0 heterocycles. The Hall–Kier alpha value is -0.420. The van der Waals surface area contributed by atoms with E-state index >= 15 is 0 Å². The first kappa shape index (κ1) is 13.6. The van der Waals surface area contributed by atoms with Crippen molar-refractivity contribution >= 4 is 15.6 Å². The fraction of sp³-hybridized carbons (Fsp3) is 0.889. The maximum Gasteiger partial charge on any atom is 0.147 e. The molecule has 0 rings (SSSR count). The highest BCUT2D eigenvalue weighted by atomic mass is 32.2. The second-order valence-electron chi connectivity index (χ2n) is 3.38. The lowest BCUT2D eigenvalue weighted by atomic mass is 10.2. The van der Waals surface area contributed by atoms with E-state index in [0.29, 0.717) is 25.8 Å². The standard InChI is InChI=1S/C9H19NO3S/c1-3-10-7-6-9(11)5-4-8-14(2,12)13/h10H,3-8H2,1-2H3. The molecular weight excluding hydrogens is 202 g/mol. The van der Waals surface area contributed by atoms with E-state index in [1.807, 2.05) is 6.92 Å². The number of sulfone groups is 1. The van der Waals surface area contributed by atoms with Crippen LogP contribution in [0, 0.1) is 0 Å². The largest absolute Gasteiger partial charge is 0.317 e. The molecular formula is C9H19NO3S. The van der Waals surface area contributed by atoms with Crippen LogP contribution in [0.3, 0.4) is 0 Å². The molecule has 0 spiro atoms. The molecule has 0 atom stereocenters. The normalized spacial score (nSPS) is 11.6. The van der Waals surface area contributed by atoms with Crippen molar-refractivity contribution in [3.8, 4) is 0 Å². The maximum absolute atomic E-state index is 11.2. The molecule has 4 nitrogen and oxygen atoms in total. The molecule has 0 fully saturated rings. The molecule has 0 radical (unpaired) electrons. The number of hydrogen-bond donors (Lipinski definition) is 1. The lowest BCUT2D eigenvalue weighted by Gasteiger charge is -2.01. The SMILES string of the molecule is CCNCCC(=O)CCCS(C)(=O)=O. The van der Waals surface area contributed by atoms with Crippen molar-refractivity contribution in [3.05, 3.63) is 0 Å². The smallest absolute Gasteiger partial charge is 0.147 e. The zero-order chi connectivity index (χ0) is 11.0. The van der Waals surface area contributed by atoms with Crippen LogP contribution in [0.4, 0.5) is 0 Å². The molecule has 0 unspecified atom stereocenters. The van der Waals surface area contributed by atoms with E-state index in [9.17, 15) is 13.2 Å². The summed E-state index contributed by atoms with van der Waals surface area (Å²) in [4.78, 5) is 11.2. The Bertz CT molecular complexity index is 259. The molecule has 0 aromatic carbocycles. The first-order valence-corrected chi connectivity index (χ1v) is 6.92. The summed E-state index contributed by atoms with van der Waals surface area (Å²) >= 11 is 0. The second kappa shape index (κ2) is 6.95. The van der Waals surface area contributed by atoms with Crippen molar-refractivity contribution in [2.24, 2.45) is 0 Å². The Balaban J connectivity index is 3.45. The second-order valence-corrected chi connectivity index (χ2v) is 5.64. The summed E-state index contributed by atoms with van der Waals surface area (Å²) in [6, 6.07) is 0. The van der Waals surface area contributed by atoms with Gasteiger partial charge in [0.1, 0.15) is 15.6 Å². The van der Waals surface area contributed by atoms with Crippen LogP contribution in [-0.2, 0) is 14.6 Å². The topological polar surface area (TPSA) is 63.2 Å². The third-order valence-corrected chi connectivity index (χ3v) is 2.83. The van der Waals surface area contributed by atoms with Crippen molar-refractivity contribution in [2.75, 3.05) is 25.1 Å². The van der Waals surface area contributed by atoms with Crippen LogP contribution in [0.15, 0.2) is 0 Å². The van der Waals surface area contributed by atoms with Crippen LogP contribution in [0.5, 0.6) is 0 Å². The van der Waals surface area contributed by atoms with Gasteiger partial charge in [-0.3, -0.25) is 4.79 Å². The van der Waals surface area contributed by atoms with Gasteiger partial charge in [-0.05, 0) is 13.0 Å². The Morgan fingerprint density at radius 3 is 2.43 bits per heavy atom. The van der Waals surface area contributed by atoms with Crippen molar-refractivity contribution in [1.29, 1.82) is 0 Å². The molecule has 0 saturated heterocycles. The lowest BCUT2D eigenvalue weighted by molar-refractivity contribution is -0.119. The number of nitrogens with one attached hydrogen (secondary N) is 1. The summed E-state index contributed by atoms with van der Waals surface area (Å²) in [5, 5.41) is 3.05. The number of hydrogen-bond acceptors (Lipinski definition) is 4. The average Bonchev–Trinajstić information content (AvgIpc) is 2.02. The number of carbonyl (C=O) groups is 1. The van der Waals surface area contributed by atoms with Gasteiger partial charge in [-0.15, -0.1) is 0 Å². The molecule has 0 aliphatic carbocycles. The summed E-state index contributed by atoms with van der Waals surface area (Å²) in [6.45, 7) is 3.53. The highest BCUT2D eigenvalue weighted by molar-refractivity contribution is 7.90. The molecule has 84 valence electrons. The highest BCUT2D eigenvalue weighted by Gasteiger charge is 2.05. The van der Waals surface area contributed by atoms with E-state index in [1.165, 1.54) is 6.26 Å². The minimum atomic E-state index is -2.91. The summed E-state index contributed by atoms with van der Waals surface area (Å²) in [5.74, 6) is 0.245. The van der Waals surface area contributed by atoms with Crippen molar-refractivity contribution in [2.45, 2.75) is 26.2 Å². The van der Waals surface area contributed by atoms with E-state index in [-0.39, 0.29) is 11.5 Å². The van der Waals surface area contributed by atoms with E-state index in [2.05, 4.69) is 5.32 Å². The zero-order valence-electron chi connectivity index (χ0n) is 8.88. The van der Waals surface area contributed by atoms with Crippen LogP contribution in [0.1, 0.15) is 26.2 Å². The zero-order valence-corrected chi connectivity index (χ0v) is 9.69. The predicted octanol–water partition coefficient (Wildman–Crippen LogP) is 0.380. The van der Waals surface area contributed by atoms with E-state index in [4.69, 9.17) is 0 Å². The fourth-order valence-corrected chi connectivity index (χ4v) is 1.73. The summed E-state index contributed by atoms with van der Waals surface area (Å²) in [7, 11) is -2.91. The summed E-state index contributed by atoms with van der Waals surface area (Å²) in [5.41, 5.74) is 0. The third kappa shape index (κ3) is 9.67. The monoisotopic (exact) mass is 221 g/mol. The third-order valence-electron chi connectivity index (χ3n) is 1.80. The van der Waals surface area contributed by atoms with Crippen LogP contribution in [-0.4, -0.2) is 39.3 Å². The van der Waals surface area contributed by atoms with Crippen LogP contribution in [0.25, 0.3) is 0 Å². The van der Waals surface area contributed by atoms with Gasteiger partial charge in [-0.2, -0.15) is 0 Å². The first-order valence-electron chi connectivity index (χ1n) is 4.86. The van der Waals surface area contributed by atoms with Crippen molar-refractivity contribution < 1.29 is 13.2 Å². The lowest BCUT2D eigenvalue weighted by Crippen LogP contribution is -2.17. The van der Waals surface area contributed by atoms with E-state index < -0.39 is 9.84 Å². The van der Waals surface area contributed by atoms with Gasteiger partial charge in [0, 0.05) is 25.6 Å². The summed E-state index contributed by atoms with van der Waals surface area (Å²) < 4.78 is 21.5. The van der Waals surface area contributed by atoms with Gasteiger partial charge in [-0.25, -0.2) is 8.42 Å². The Morgan fingerprint density at radius 2 is 1.93 bits per heavy atom. The van der Waals surface area contributed by atoms with Gasteiger partial charge in [0.15, 0.2) is 0 Å². The van der Waals surface area contributed by atoms with Crippen LogP contribution >= 0.6 is 0 Å². The predicted molar refractivity (Wildman–Crippen MR) is 57.1 cm³/mol. The van der Waals surface area contributed by atoms with Gasteiger partial charge < -0.3 is 5.32 Å². The quantitative estimate of drug-likeness (QED) is 0.602. The Morgan fingerprint density at radius 1 is 1.29 bits per heavy atom. The minimum Gasteiger partial charge on any atom is -0.317 e. The van der Waals surface area contributed by atoms with Crippen molar-refractivity contribution in [3.63, 3.8) is 0 Å². The molecule has 0 amide bonds.